The molecule has 5 nitrogen and oxygen atoms in total. The topological polar surface area (TPSA) is 75.4 Å². The first-order chi connectivity index (χ1) is 13.6. The molecule has 0 radical (unpaired) electrons. The zero-order valence-corrected chi connectivity index (χ0v) is 14.8. The third-order valence-electron chi connectivity index (χ3n) is 5.08. The second-order valence-electron chi connectivity index (χ2n) is 6.81. The molecule has 1 aromatic heterocycles. The molecule has 0 atom stereocenters. The molecule has 28 heavy (non-hydrogen) atoms. The lowest BCUT2D eigenvalue weighted by atomic mass is 9.93. The van der Waals surface area contributed by atoms with Gasteiger partial charge in [0, 0.05) is 5.57 Å². The van der Waals surface area contributed by atoms with E-state index in [1.807, 2.05) is 47.0 Å². The molecule has 0 aliphatic carbocycles. The van der Waals surface area contributed by atoms with E-state index < -0.39 is 0 Å². The lowest BCUT2D eigenvalue weighted by molar-refractivity contribution is 0.403. The lowest BCUT2D eigenvalue weighted by Crippen LogP contribution is -2.23. The summed E-state index contributed by atoms with van der Waals surface area (Å²) in [6.07, 6.45) is 1.88. The number of phenolic OH excluding ortho intramolecular Hbond substituents is 2. The van der Waals surface area contributed by atoms with Gasteiger partial charge in [0.05, 0.1) is 17.4 Å². The maximum absolute atomic E-state index is 12.6. The van der Waals surface area contributed by atoms with Crippen LogP contribution in [-0.4, -0.2) is 19.8 Å². The van der Waals surface area contributed by atoms with Crippen LogP contribution in [0.25, 0.3) is 22.6 Å². The van der Waals surface area contributed by atoms with Crippen molar-refractivity contribution in [3.8, 4) is 11.5 Å². The second kappa shape index (κ2) is 6.09. The van der Waals surface area contributed by atoms with Gasteiger partial charge in [-0.25, -0.2) is 0 Å². The Bertz CT molecular complexity index is 1340. The van der Waals surface area contributed by atoms with Crippen molar-refractivity contribution < 1.29 is 10.2 Å². The fraction of sp³-hybridized carbons (Fsp3) is 0.0435. The number of benzene rings is 3. The van der Waals surface area contributed by atoms with E-state index in [9.17, 15) is 15.0 Å². The van der Waals surface area contributed by atoms with Gasteiger partial charge in [0.1, 0.15) is 5.82 Å². The van der Waals surface area contributed by atoms with Crippen molar-refractivity contribution in [1.82, 2.24) is 9.55 Å². The SMILES string of the molecule is O=c1nc2n(c3ccccc13)Cc1ccccc1/C2=C\c1ccc(O)c(O)c1. The number of aromatic hydroxyl groups is 2. The summed E-state index contributed by atoms with van der Waals surface area (Å²) >= 11 is 0. The largest absolute Gasteiger partial charge is 0.504 e. The summed E-state index contributed by atoms with van der Waals surface area (Å²) in [7, 11) is 0. The van der Waals surface area contributed by atoms with Gasteiger partial charge in [0.15, 0.2) is 11.5 Å². The average molecular weight is 368 g/mol. The minimum absolute atomic E-state index is 0.174. The van der Waals surface area contributed by atoms with E-state index in [0.29, 0.717) is 23.3 Å². The first kappa shape index (κ1) is 16.3. The number of rotatable bonds is 1. The molecule has 0 saturated carbocycles. The minimum Gasteiger partial charge on any atom is -0.504 e. The van der Waals surface area contributed by atoms with E-state index in [2.05, 4.69) is 11.1 Å². The van der Waals surface area contributed by atoms with Gasteiger partial charge in [0.25, 0.3) is 5.56 Å². The Kier molecular flexibility index (Phi) is 3.55. The fourth-order valence-electron chi connectivity index (χ4n) is 3.74. The van der Waals surface area contributed by atoms with Crippen LogP contribution in [0.1, 0.15) is 22.5 Å². The highest BCUT2D eigenvalue weighted by Gasteiger charge is 2.23. The molecule has 5 rings (SSSR count). The Morgan fingerprint density at radius 2 is 1.71 bits per heavy atom. The number of para-hydroxylation sites is 1. The molecule has 0 spiro atoms. The maximum Gasteiger partial charge on any atom is 0.281 e. The predicted molar refractivity (Wildman–Crippen MR) is 108 cm³/mol. The molecule has 2 heterocycles. The van der Waals surface area contributed by atoms with E-state index in [1.54, 1.807) is 12.1 Å². The summed E-state index contributed by atoms with van der Waals surface area (Å²) in [6, 6.07) is 20.1. The van der Waals surface area contributed by atoms with Gasteiger partial charge in [-0.1, -0.05) is 42.5 Å². The molecule has 0 fully saturated rings. The summed E-state index contributed by atoms with van der Waals surface area (Å²) in [5.74, 6) is 0.226. The maximum atomic E-state index is 12.6. The van der Waals surface area contributed by atoms with Gasteiger partial charge < -0.3 is 14.8 Å². The van der Waals surface area contributed by atoms with Crippen molar-refractivity contribution in [3.63, 3.8) is 0 Å². The molecule has 0 amide bonds. The van der Waals surface area contributed by atoms with Crippen LogP contribution in [0.4, 0.5) is 0 Å². The first-order valence-electron chi connectivity index (χ1n) is 8.94. The monoisotopic (exact) mass is 368 g/mol. The zero-order chi connectivity index (χ0) is 19.3. The summed E-state index contributed by atoms with van der Waals surface area (Å²) < 4.78 is 2.05. The van der Waals surface area contributed by atoms with Crippen molar-refractivity contribution in [2.24, 2.45) is 0 Å². The zero-order valence-electron chi connectivity index (χ0n) is 14.8. The van der Waals surface area contributed by atoms with Gasteiger partial charge in [-0.3, -0.25) is 4.79 Å². The number of fused-ring (bicyclic) bond motifs is 4. The Hall–Kier alpha value is -3.86. The van der Waals surface area contributed by atoms with Crippen LogP contribution in [0.5, 0.6) is 11.5 Å². The van der Waals surface area contributed by atoms with Crippen molar-refractivity contribution in [2.75, 3.05) is 0 Å². The van der Waals surface area contributed by atoms with Gasteiger partial charge in [-0.15, -0.1) is 0 Å². The van der Waals surface area contributed by atoms with Crippen LogP contribution < -0.4 is 5.56 Å². The predicted octanol–water partition coefficient (Wildman–Crippen LogP) is 3.76. The average Bonchev–Trinajstić information content (AvgIpc) is 2.71. The third-order valence-corrected chi connectivity index (χ3v) is 5.08. The second-order valence-corrected chi connectivity index (χ2v) is 6.81. The summed E-state index contributed by atoms with van der Waals surface area (Å²) in [5.41, 5.74) is 4.20. The van der Waals surface area contributed by atoms with Crippen LogP contribution in [0.2, 0.25) is 0 Å². The molecule has 0 bridgehead atoms. The van der Waals surface area contributed by atoms with E-state index in [-0.39, 0.29) is 17.1 Å². The van der Waals surface area contributed by atoms with E-state index >= 15 is 0 Å². The quantitative estimate of drug-likeness (QED) is 0.442. The molecule has 1 aliphatic rings. The summed E-state index contributed by atoms with van der Waals surface area (Å²) in [4.78, 5) is 17.0. The summed E-state index contributed by atoms with van der Waals surface area (Å²) in [6.45, 7) is 0.622. The van der Waals surface area contributed by atoms with Gasteiger partial charge in [-0.05, 0) is 47.0 Å². The molecule has 3 aromatic carbocycles. The van der Waals surface area contributed by atoms with Gasteiger partial charge in [0.2, 0.25) is 0 Å². The third kappa shape index (κ3) is 2.48. The van der Waals surface area contributed by atoms with Crippen molar-refractivity contribution in [3.05, 3.63) is 99.6 Å². The Morgan fingerprint density at radius 1 is 0.929 bits per heavy atom. The van der Waals surface area contributed by atoms with Crippen LogP contribution >= 0.6 is 0 Å². The van der Waals surface area contributed by atoms with Crippen LogP contribution in [0.15, 0.2) is 71.5 Å². The van der Waals surface area contributed by atoms with Crippen LogP contribution in [0.3, 0.4) is 0 Å². The molecule has 1 aliphatic heterocycles. The van der Waals surface area contributed by atoms with E-state index in [0.717, 1.165) is 22.2 Å². The Labute approximate surface area is 160 Å². The van der Waals surface area contributed by atoms with Gasteiger partial charge in [-0.2, -0.15) is 4.98 Å². The highest BCUT2D eigenvalue weighted by Crippen LogP contribution is 2.35. The molecule has 136 valence electrons. The van der Waals surface area contributed by atoms with Crippen molar-refractivity contribution in [1.29, 1.82) is 0 Å². The Balaban J connectivity index is 1.83. The highest BCUT2D eigenvalue weighted by atomic mass is 16.3. The lowest BCUT2D eigenvalue weighted by Gasteiger charge is -2.25. The number of nitrogens with zero attached hydrogens (tertiary/aromatic N) is 2. The molecule has 5 heteroatoms. The molecule has 0 saturated heterocycles. The first-order valence-corrected chi connectivity index (χ1v) is 8.94. The van der Waals surface area contributed by atoms with E-state index in [1.165, 1.54) is 12.1 Å². The molecular formula is C23H16N2O3. The molecule has 4 aromatic rings. The van der Waals surface area contributed by atoms with Crippen molar-refractivity contribution >= 4 is 22.6 Å². The number of phenols is 2. The fourth-order valence-corrected chi connectivity index (χ4v) is 3.74. The number of aromatic nitrogens is 2. The minimum atomic E-state index is -0.263. The molecule has 0 unspecified atom stereocenters. The van der Waals surface area contributed by atoms with Gasteiger partial charge >= 0.3 is 0 Å². The smallest absolute Gasteiger partial charge is 0.281 e. The van der Waals surface area contributed by atoms with Crippen LogP contribution in [-0.2, 0) is 6.54 Å². The highest BCUT2D eigenvalue weighted by molar-refractivity contribution is 5.93. The normalized spacial score (nSPS) is 14.1. The molecular weight excluding hydrogens is 352 g/mol. The van der Waals surface area contributed by atoms with Crippen molar-refractivity contribution in [2.45, 2.75) is 6.54 Å². The Morgan fingerprint density at radius 3 is 2.57 bits per heavy atom. The number of hydrogen-bond donors (Lipinski definition) is 2. The summed E-state index contributed by atoms with van der Waals surface area (Å²) in [5, 5.41) is 20.0. The molecule has 2 N–H and O–H groups in total. The van der Waals surface area contributed by atoms with Crippen LogP contribution in [0, 0.1) is 0 Å². The van der Waals surface area contributed by atoms with E-state index in [4.69, 9.17) is 0 Å². The standard InChI is InChI=1S/C23H16N2O3/c26-20-10-9-14(12-21(20)27)11-18-16-6-2-1-5-15(16)13-25-19-8-4-3-7-17(19)23(28)24-22(18)25/h1-12,26-27H,13H2/b18-11+. The number of hydrogen-bond acceptors (Lipinski definition) is 4.